The SMILES string of the molecule is NC(=O)c1cn(CC2(c3cccnc3)CCCCC2)nc1C(F)(F)F. The van der Waals surface area contributed by atoms with Crippen molar-refractivity contribution in [3.05, 3.63) is 47.5 Å². The van der Waals surface area contributed by atoms with E-state index in [1.165, 1.54) is 4.68 Å². The van der Waals surface area contributed by atoms with Crippen molar-refractivity contribution in [2.45, 2.75) is 50.2 Å². The van der Waals surface area contributed by atoms with Gasteiger partial charge in [-0.3, -0.25) is 14.5 Å². The van der Waals surface area contributed by atoms with Crippen LogP contribution < -0.4 is 5.73 Å². The van der Waals surface area contributed by atoms with Gasteiger partial charge in [0.15, 0.2) is 5.69 Å². The number of pyridine rings is 1. The average Bonchev–Trinajstić information content (AvgIpc) is 3.01. The molecule has 8 heteroatoms. The number of carbonyl (C=O) groups is 1. The topological polar surface area (TPSA) is 73.8 Å². The predicted molar refractivity (Wildman–Crippen MR) is 84.7 cm³/mol. The second-order valence-corrected chi connectivity index (χ2v) is 6.53. The highest BCUT2D eigenvalue weighted by Gasteiger charge is 2.40. The standard InChI is InChI=1S/C17H19F3N4O/c18-17(19,20)14-13(15(21)25)10-24(23-14)11-16(6-2-1-3-7-16)12-5-4-8-22-9-12/h4-5,8-10H,1-3,6-7,11H2,(H2,21,25). The van der Waals surface area contributed by atoms with Crippen LogP contribution in [0.4, 0.5) is 13.2 Å². The van der Waals surface area contributed by atoms with E-state index in [0.717, 1.165) is 43.9 Å². The van der Waals surface area contributed by atoms with E-state index < -0.39 is 23.3 Å². The maximum atomic E-state index is 13.1. The van der Waals surface area contributed by atoms with Gasteiger partial charge >= 0.3 is 6.18 Å². The Kier molecular flexibility index (Phi) is 4.53. The molecule has 1 amide bonds. The number of hydrogen-bond acceptors (Lipinski definition) is 3. The van der Waals surface area contributed by atoms with Crippen LogP contribution in [0.2, 0.25) is 0 Å². The van der Waals surface area contributed by atoms with Crippen molar-refractivity contribution < 1.29 is 18.0 Å². The van der Waals surface area contributed by atoms with Gasteiger partial charge in [-0.25, -0.2) is 0 Å². The summed E-state index contributed by atoms with van der Waals surface area (Å²) in [6, 6.07) is 3.77. The molecule has 2 aromatic heterocycles. The molecule has 1 fully saturated rings. The van der Waals surface area contributed by atoms with E-state index in [0.29, 0.717) is 0 Å². The molecule has 1 saturated carbocycles. The highest BCUT2D eigenvalue weighted by Crippen LogP contribution is 2.41. The van der Waals surface area contributed by atoms with Crippen LogP contribution in [0.5, 0.6) is 0 Å². The monoisotopic (exact) mass is 352 g/mol. The molecule has 25 heavy (non-hydrogen) atoms. The molecule has 3 rings (SSSR count). The van der Waals surface area contributed by atoms with Gasteiger partial charge in [0.05, 0.1) is 12.1 Å². The maximum Gasteiger partial charge on any atom is 0.435 e. The largest absolute Gasteiger partial charge is 0.435 e. The minimum Gasteiger partial charge on any atom is -0.365 e. The number of aromatic nitrogens is 3. The lowest BCUT2D eigenvalue weighted by molar-refractivity contribution is -0.141. The van der Waals surface area contributed by atoms with Gasteiger partial charge in [-0.05, 0) is 24.5 Å². The Balaban J connectivity index is 2.00. The minimum absolute atomic E-state index is 0.259. The molecule has 0 aromatic carbocycles. The molecule has 0 bridgehead atoms. The summed E-state index contributed by atoms with van der Waals surface area (Å²) in [4.78, 5) is 15.5. The number of alkyl halides is 3. The van der Waals surface area contributed by atoms with Crippen LogP contribution in [-0.2, 0) is 18.1 Å². The number of primary amides is 1. The third-order valence-corrected chi connectivity index (χ3v) is 4.84. The Morgan fingerprint density at radius 3 is 2.52 bits per heavy atom. The van der Waals surface area contributed by atoms with Crippen molar-refractivity contribution in [3.8, 4) is 0 Å². The molecule has 0 saturated heterocycles. The second kappa shape index (κ2) is 6.50. The fourth-order valence-corrected chi connectivity index (χ4v) is 3.65. The summed E-state index contributed by atoms with van der Waals surface area (Å²) in [7, 11) is 0. The smallest absolute Gasteiger partial charge is 0.365 e. The molecule has 1 aliphatic carbocycles. The van der Waals surface area contributed by atoms with Gasteiger partial charge < -0.3 is 5.73 Å². The van der Waals surface area contributed by atoms with E-state index in [1.807, 2.05) is 12.1 Å². The van der Waals surface area contributed by atoms with Crippen molar-refractivity contribution in [3.63, 3.8) is 0 Å². The van der Waals surface area contributed by atoms with Crippen molar-refractivity contribution in [2.24, 2.45) is 5.73 Å². The quantitative estimate of drug-likeness (QED) is 0.917. The van der Waals surface area contributed by atoms with E-state index in [9.17, 15) is 18.0 Å². The molecule has 2 heterocycles. The van der Waals surface area contributed by atoms with Gasteiger partial charge in [-0.1, -0.05) is 25.3 Å². The van der Waals surface area contributed by atoms with E-state index >= 15 is 0 Å². The normalized spacial score (nSPS) is 17.4. The highest BCUT2D eigenvalue weighted by molar-refractivity contribution is 5.93. The Morgan fingerprint density at radius 2 is 2.00 bits per heavy atom. The molecule has 0 radical (unpaired) electrons. The summed E-state index contributed by atoms with van der Waals surface area (Å²) >= 11 is 0. The Hall–Kier alpha value is -2.38. The lowest BCUT2D eigenvalue weighted by Gasteiger charge is -2.37. The zero-order valence-electron chi connectivity index (χ0n) is 13.6. The number of hydrogen-bond donors (Lipinski definition) is 1. The number of amides is 1. The number of nitrogens with zero attached hydrogens (tertiary/aromatic N) is 3. The van der Waals surface area contributed by atoms with Crippen LogP contribution in [0.3, 0.4) is 0 Å². The van der Waals surface area contributed by atoms with Crippen LogP contribution >= 0.6 is 0 Å². The molecule has 134 valence electrons. The van der Waals surface area contributed by atoms with Crippen molar-refractivity contribution in [2.75, 3.05) is 0 Å². The molecule has 0 atom stereocenters. The molecule has 0 unspecified atom stereocenters. The fourth-order valence-electron chi connectivity index (χ4n) is 3.65. The molecule has 0 aliphatic heterocycles. The first-order chi connectivity index (χ1) is 11.8. The zero-order chi connectivity index (χ0) is 18.1. The Labute approximate surface area is 143 Å². The lowest BCUT2D eigenvalue weighted by atomic mass is 9.70. The summed E-state index contributed by atoms with van der Waals surface area (Å²) < 4.78 is 40.6. The van der Waals surface area contributed by atoms with Crippen LogP contribution in [0.15, 0.2) is 30.7 Å². The van der Waals surface area contributed by atoms with Gasteiger partial charge in [0.1, 0.15) is 0 Å². The minimum atomic E-state index is -4.72. The molecular weight excluding hydrogens is 333 g/mol. The summed E-state index contributed by atoms with van der Waals surface area (Å²) in [5.41, 5.74) is 3.93. The first kappa shape index (κ1) is 17.4. The predicted octanol–water partition coefficient (Wildman–Crippen LogP) is 3.30. The van der Waals surface area contributed by atoms with Crippen LogP contribution in [0.25, 0.3) is 0 Å². The summed E-state index contributed by atoms with van der Waals surface area (Å²) in [5, 5.41) is 3.64. The number of carbonyl (C=O) groups excluding carboxylic acids is 1. The van der Waals surface area contributed by atoms with E-state index in [2.05, 4.69) is 10.1 Å². The van der Waals surface area contributed by atoms with Gasteiger partial charge in [0.25, 0.3) is 5.91 Å². The van der Waals surface area contributed by atoms with Crippen molar-refractivity contribution in [1.29, 1.82) is 0 Å². The lowest BCUT2D eigenvalue weighted by Crippen LogP contribution is -2.34. The fraction of sp³-hybridized carbons (Fsp3) is 0.471. The number of nitrogens with two attached hydrogens (primary N) is 1. The van der Waals surface area contributed by atoms with Gasteiger partial charge in [0.2, 0.25) is 0 Å². The Morgan fingerprint density at radius 1 is 1.28 bits per heavy atom. The highest BCUT2D eigenvalue weighted by atomic mass is 19.4. The number of halogens is 3. The van der Waals surface area contributed by atoms with Crippen LogP contribution in [-0.4, -0.2) is 20.7 Å². The summed E-state index contributed by atoms with van der Waals surface area (Å²) in [6.45, 7) is 0.259. The molecule has 1 aliphatic rings. The second-order valence-electron chi connectivity index (χ2n) is 6.53. The van der Waals surface area contributed by atoms with E-state index in [-0.39, 0.29) is 12.0 Å². The summed E-state index contributed by atoms with van der Waals surface area (Å²) in [5.74, 6) is -1.13. The molecule has 0 spiro atoms. The number of rotatable bonds is 4. The van der Waals surface area contributed by atoms with Gasteiger partial charge in [-0.2, -0.15) is 18.3 Å². The zero-order valence-corrected chi connectivity index (χ0v) is 13.6. The first-order valence-corrected chi connectivity index (χ1v) is 8.17. The van der Waals surface area contributed by atoms with Gasteiger partial charge in [-0.15, -0.1) is 0 Å². The molecule has 5 nitrogen and oxygen atoms in total. The third-order valence-electron chi connectivity index (χ3n) is 4.84. The molecule has 2 N–H and O–H groups in total. The summed E-state index contributed by atoms with van der Waals surface area (Å²) in [6.07, 6.45) is 4.58. The van der Waals surface area contributed by atoms with E-state index in [1.54, 1.807) is 12.4 Å². The Bertz CT molecular complexity index is 749. The molecular formula is C17H19F3N4O. The first-order valence-electron chi connectivity index (χ1n) is 8.17. The van der Waals surface area contributed by atoms with Crippen molar-refractivity contribution in [1.82, 2.24) is 14.8 Å². The van der Waals surface area contributed by atoms with Gasteiger partial charge in [0, 0.05) is 24.0 Å². The molecule has 2 aromatic rings. The average molecular weight is 352 g/mol. The van der Waals surface area contributed by atoms with E-state index in [4.69, 9.17) is 5.73 Å². The third kappa shape index (κ3) is 3.52. The maximum absolute atomic E-state index is 13.1. The van der Waals surface area contributed by atoms with Crippen LogP contribution in [0.1, 0.15) is 53.7 Å². The van der Waals surface area contributed by atoms with Crippen molar-refractivity contribution >= 4 is 5.91 Å². The van der Waals surface area contributed by atoms with Crippen LogP contribution in [0, 0.1) is 0 Å².